The number of aryl methyl sites for hydroxylation is 1. The molecule has 0 aromatic heterocycles. The maximum Gasteiger partial charge on any atom is 0.354 e. The van der Waals surface area contributed by atoms with Crippen molar-refractivity contribution in [3.8, 4) is 11.5 Å². The number of nitrogens with one attached hydrogen (secondary N) is 1. The normalized spacial score (nSPS) is 10.8. The standard InChI is InChI=1S/C19H19NO5/c1-13-7-6-8-14(11-13)25-17-10-5-4-9-15(17)20-16(19(22)24-3)12-18(21)23-2/h4-12,20H,1-3H3/b16-12+. The zero-order valence-corrected chi connectivity index (χ0v) is 14.2. The maximum atomic E-state index is 11.9. The molecule has 25 heavy (non-hydrogen) atoms. The van der Waals surface area contributed by atoms with Gasteiger partial charge in [0.1, 0.15) is 11.4 Å². The molecule has 0 aliphatic heterocycles. The van der Waals surface area contributed by atoms with Gasteiger partial charge in [0, 0.05) is 0 Å². The third-order valence-electron chi connectivity index (χ3n) is 3.24. The minimum absolute atomic E-state index is 0.0605. The molecule has 0 heterocycles. The molecule has 2 rings (SSSR count). The van der Waals surface area contributed by atoms with Crippen molar-refractivity contribution in [1.29, 1.82) is 0 Å². The molecular weight excluding hydrogens is 322 g/mol. The number of anilines is 1. The molecule has 0 bridgehead atoms. The second-order valence-electron chi connectivity index (χ2n) is 5.11. The fourth-order valence-electron chi connectivity index (χ4n) is 2.04. The molecule has 0 saturated heterocycles. The molecule has 0 aliphatic carbocycles. The van der Waals surface area contributed by atoms with E-state index in [1.165, 1.54) is 14.2 Å². The van der Waals surface area contributed by atoms with E-state index in [0.717, 1.165) is 11.6 Å². The van der Waals surface area contributed by atoms with Crippen LogP contribution in [0.25, 0.3) is 0 Å². The lowest BCUT2D eigenvalue weighted by Gasteiger charge is -2.14. The number of hydrogen-bond acceptors (Lipinski definition) is 6. The Hall–Kier alpha value is -3.28. The summed E-state index contributed by atoms with van der Waals surface area (Å²) in [6, 6.07) is 14.6. The SMILES string of the molecule is COC(=O)/C=C(/Nc1ccccc1Oc1cccc(C)c1)C(=O)OC. The van der Waals surface area contributed by atoms with Crippen LogP contribution < -0.4 is 10.1 Å². The van der Waals surface area contributed by atoms with E-state index in [0.29, 0.717) is 17.2 Å². The molecule has 6 nitrogen and oxygen atoms in total. The fourth-order valence-corrected chi connectivity index (χ4v) is 2.04. The molecular formula is C19H19NO5. The van der Waals surface area contributed by atoms with Crippen LogP contribution in [0.2, 0.25) is 0 Å². The summed E-state index contributed by atoms with van der Waals surface area (Å²) in [5.74, 6) is -0.223. The maximum absolute atomic E-state index is 11.9. The molecule has 0 aliphatic rings. The van der Waals surface area contributed by atoms with E-state index in [-0.39, 0.29) is 5.70 Å². The van der Waals surface area contributed by atoms with E-state index in [4.69, 9.17) is 4.74 Å². The number of benzene rings is 2. The summed E-state index contributed by atoms with van der Waals surface area (Å²) in [4.78, 5) is 23.3. The van der Waals surface area contributed by atoms with Gasteiger partial charge < -0.3 is 19.5 Å². The Balaban J connectivity index is 2.31. The van der Waals surface area contributed by atoms with Crippen molar-refractivity contribution >= 4 is 17.6 Å². The van der Waals surface area contributed by atoms with E-state index >= 15 is 0 Å². The van der Waals surface area contributed by atoms with Crippen LogP contribution in [0, 0.1) is 6.92 Å². The van der Waals surface area contributed by atoms with Crippen molar-refractivity contribution in [1.82, 2.24) is 0 Å². The molecule has 0 amide bonds. The molecule has 6 heteroatoms. The summed E-state index contributed by atoms with van der Waals surface area (Å²) in [7, 11) is 2.45. The number of para-hydroxylation sites is 2. The van der Waals surface area contributed by atoms with Gasteiger partial charge in [-0.3, -0.25) is 0 Å². The topological polar surface area (TPSA) is 73.9 Å². The first-order chi connectivity index (χ1) is 12.0. The smallest absolute Gasteiger partial charge is 0.354 e. The molecule has 0 fully saturated rings. The Bertz CT molecular complexity index is 798. The fraction of sp³-hybridized carbons (Fsp3) is 0.158. The van der Waals surface area contributed by atoms with Gasteiger partial charge in [-0.05, 0) is 36.8 Å². The minimum Gasteiger partial charge on any atom is -0.466 e. The van der Waals surface area contributed by atoms with Crippen LogP contribution in [0.15, 0.2) is 60.3 Å². The van der Waals surface area contributed by atoms with Crippen LogP contribution in [0.4, 0.5) is 5.69 Å². The van der Waals surface area contributed by atoms with E-state index in [1.807, 2.05) is 31.2 Å². The lowest BCUT2D eigenvalue weighted by molar-refractivity contribution is -0.138. The lowest BCUT2D eigenvalue weighted by Crippen LogP contribution is -2.15. The van der Waals surface area contributed by atoms with Gasteiger partial charge in [-0.2, -0.15) is 0 Å². The summed E-state index contributed by atoms with van der Waals surface area (Å²) in [6.45, 7) is 1.96. The zero-order chi connectivity index (χ0) is 18.2. The van der Waals surface area contributed by atoms with Crippen molar-refractivity contribution in [2.45, 2.75) is 6.92 Å². The number of esters is 2. The van der Waals surface area contributed by atoms with Gasteiger partial charge in [-0.1, -0.05) is 24.3 Å². The predicted octanol–water partition coefficient (Wildman–Crippen LogP) is 3.43. The molecule has 0 atom stereocenters. The number of methoxy groups -OCH3 is 2. The molecule has 0 unspecified atom stereocenters. The van der Waals surface area contributed by atoms with Crippen LogP contribution in [-0.4, -0.2) is 26.2 Å². The van der Waals surface area contributed by atoms with E-state index < -0.39 is 11.9 Å². The number of ether oxygens (including phenoxy) is 3. The van der Waals surface area contributed by atoms with Crippen LogP contribution in [-0.2, 0) is 19.1 Å². The van der Waals surface area contributed by atoms with Crippen LogP contribution in [0.1, 0.15) is 5.56 Å². The molecule has 130 valence electrons. The highest BCUT2D eigenvalue weighted by Crippen LogP contribution is 2.30. The first-order valence-corrected chi connectivity index (χ1v) is 7.52. The highest BCUT2D eigenvalue weighted by atomic mass is 16.5. The summed E-state index contributed by atoms with van der Waals surface area (Å²) in [6.07, 6.45) is 1.02. The average molecular weight is 341 g/mol. The van der Waals surface area contributed by atoms with Crippen LogP contribution in [0.5, 0.6) is 11.5 Å². The Morgan fingerprint density at radius 2 is 1.76 bits per heavy atom. The Morgan fingerprint density at radius 3 is 2.44 bits per heavy atom. The Kier molecular flexibility index (Phi) is 6.17. The van der Waals surface area contributed by atoms with Gasteiger partial charge >= 0.3 is 11.9 Å². The first-order valence-electron chi connectivity index (χ1n) is 7.52. The van der Waals surface area contributed by atoms with Crippen LogP contribution >= 0.6 is 0 Å². The first kappa shape index (κ1) is 18.1. The van der Waals surface area contributed by atoms with Gasteiger partial charge in [0.25, 0.3) is 0 Å². The highest BCUT2D eigenvalue weighted by molar-refractivity contribution is 5.99. The Labute approximate surface area is 146 Å². The molecule has 1 N–H and O–H groups in total. The third kappa shape index (κ3) is 5.10. The second kappa shape index (κ2) is 8.54. The van der Waals surface area contributed by atoms with E-state index in [1.54, 1.807) is 24.3 Å². The van der Waals surface area contributed by atoms with Crippen molar-refractivity contribution in [2.24, 2.45) is 0 Å². The van der Waals surface area contributed by atoms with Crippen LogP contribution in [0.3, 0.4) is 0 Å². The quantitative estimate of drug-likeness (QED) is 0.641. The van der Waals surface area contributed by atoms with Gasteiger partial charge in [0.2, 0.25) is 0 Å². The molecule has 2 aromatic rings. The largest absolute Gasteiger partial charge is 0.466 e. The molecule has 0 spiro atoms. The summed E-state index contributed by atoms with van der Waals surface area (Å²) < 4.78 is 15.1. The number of carbonyl (C=O) groups is 2. The van der Waals surface area contributed by atoms with Gasteiger partial charge in [0.15, 0.2) is 5.75 Å². The van der Waals surface area contributed by atoms with Crippen molar-refractivity contribution in [3.63, 3.8) is 0 Å². The lowest BCUT2D eigenvalue weighted by atomic mass is 10.2. The predicted molar refractivity (Wildman–Crippen MR) is 93.4 cm³/mol. The Morgan fingerprint density at radius 1 is 1.00 bits per heavy atom. The van der Waals surface area contributed by atoms with E-state index in [9.17, 15) is 9.59 Å². The highest BCUT2D eigenvalue weighted by Gasteiger charge is 2.15. The summed E-state index contributed by atoms with van der Waals surface area (Å²) in [5.41, 5.74) is 1.50. The molecule has 0 saturated carbocycles. The monoisotopic (exact) mass is 341 g/mol. The average Bonchev–Trinajstić information content (AvgIpc) is 2.62. The van der Waals surface area contributed by atoms with Crippen molar-refractivity contribution in [2.75, 3.05) is 19.5 Å². The molecule has 0 radical (unpaired) electrons. The minimum atomic E-state index is -0.698. The van der Waals surface area contributed by atoms with Crippen molar-refractivity contribution < 1.29 is 23.8 Å². The van der Waals surface area contributed by atoms with E-state index in [2.05, 4.69) is 14.8 Å². The third-order valence-corrected chi connectivity index (χ3v) is 3.24. The number of hydrogen-bond donors (Lipinski definition) is 1. The summed E-state index contributed by atoms with van der Waals surface area (Å²) in [5, 5.41) is 2.86. The number of carbonyl (C=O) groups excluding carboxylic acids is 2. The number of rotatable bonds is 6. The van der Waals surface area contributed by atoms with Gasteiger partial charge in [0.05, 0.1) is 26.0 Å². The zero-order valence-electron chi connectivity index (χ0n) is 14.2. The molecule has 2 aromatic carbocycles. The van der Waals surface area contributed by atoms with Crippen molar-refractivity contribution in [3.05, 3.63) is 65.9 Å². The summed E-state index contributed by atoms with van der Waals surface area (Å²) >= 11 is 0. The van der Waals surface area contributed by atoms with Gasteiger partial charge in [-0.15, -0.1) is 0 Å². The van der Waals surface area contributed by atoms with Gasteiger partial charge in [-0.25, -0.2) is 9.59 Å². The second-order valence-corrected chi connectivity index (χ2v) is 5.11.